The second-order valence-corrected chi connectivity index (χ2v) is 4.39. The lowest BCUT2D eigenvalue weighted by atomic mass is 10.0. The van der Waals surface area contributed by atoms with Gasteiger partial charge in [0.05, 0.1) is 0 Å². The first-order valence-corrected chi connectivity index (χ1v) is 5.29. The van der Waals surface area contributed by atoms with Gasteiger partial charge >= 0.3 is 0 Å². The van der Waals surface area contributed by atoms with Crippen LogP contribution in [-0.4, -0.2) is 50.1 Å². The van der Waals surface area contributed by atoms with Crippen molar-refractivity contribution in [3.05, 3.63) is 23.8 Å². The van der Waals surface area contributed by atoms with Gasteiger partial charge in [-0.1, -0.05) is 23.8 Å². The summed E-state index contributed by atoms with van der Waals surface area (Å²) >= 11 is 0. The molecule has 0 saturated heterocycles. The Bertz CT molecular complexity index is 228. The molecule has 0 radical (unpaired) electrons. The van der Waals surface area contributed by atoms with Crippen LogP contribution in [0.1, 0.15) is 13.3 Å². The molecule has 80 valence electrons. The predicted molar refractivity (Wildman–Crippen MR) is 62.5 cm³/mol. The normalized spacial score (nSPS) is 21.9. The number of allylic oxidation sites excluding steroid dienone is 2. The Morgan fingerprint density at radius 1 is 1.29 bits per heavy atom. The molecule has 0 amide bonds. The molecule has 0 aliphatic heterocycles. The van der Waals surface area contributed by atoms with Gasteiger partial charge in [-0.05, 0) is 34.5 Å². The van der Waals surface area contributed by atoms with Gasteiger partial charge in [0.15, 0.2) is 0 Å². The summed E-state index contributed by atoms with van der Waals surface area (Å²) in [5, 5.41) is 0. The van der Waals surface area contributed by atoms with E-state index in [2.05, 4.69) is 56.1 Å². The van der Waals surface area contributed by atoms with E-state index in [4.69, 9.17) is 0 Å². The maximum Gasteiger partial charge on any atom is 0.0313 e. The van der Waals surface area contributed by atoms with Gasteiger partial charge in [-0.2, -0.15) is 0 Å². The molecule has 1 unspecified atom stereocenters. The van der Waals surface area contributed by atoms with E-state index in [1.54, 1.807) is 0 Å². The highest BCUT2D eigenvalue weighted by molar-refractivity contribution is 5.23. The van der Waals surface area contributed by atoms with Gasteiger partial charge < -0.3 is 4.90 Å². The molecule has 1 atom stereocenters. The van der Waals surface area contributed by atoms with E-state index in [-0.39, 0.29) is 0 Å². The number of rotatable bonds is 4. The lowest BCUT2D eigenvalue weighted by Crippen LogP contribution is -2.36. The summed E-state index contributed by atoms with van der Waals surface area (Å²) in [5.41, 5.74) is 1.39. The van der Waals surface area contributed by atoms with Crippen molar-refractivity contribution < 1.29 is 0 Å². The second kappa shape index (κ2) is 5.32. The average Bonchev–Trinajstić information content (AvgIpc) is 2.15. The molecule has 1 rings (SSSR count). The Hall–Kier alpha value is -0.600. The van der Waals surface area contributed by atoms with E-state index in [9.17, 15) is 0 Å². The van der Waals surface area contributed by atoms with Gasteiger partial charge in [-0.15, -0.1) is 0 Å². The summed E-state index contributed by atoms with van der Waals surface area (Å²) in [7, 11) is 6.44. The van der Waals surface area contributed by atoms with Gasteiger partial charge in [-0.25, -0.2) is 0 Å². The van der Waals surface area contributed by atoms with Gasteiger partial charge in [0, 0.05) is 19.1 Å². The Kier molecular flexibility index (Phi) is 4.36. The zero-order valence-electron chi connectivity index (χ0n) is 9.83. The van der Waals surface area contributed by atoms with E-state index < -0.39 is 0 Å². The zero-order chi connectivity index (χ0) is 10.6. The standard InChI is InChI=1S/C12H22N2/c1-11-5-7-12(8-6-11)14(4)10-9-13(2)3/h5-7,12H,8-10H2,1-4H3. The molecule has 0 aromatic carbocycles. The highest BCUT2D eigenvalue weighted by Crippen LogP contribution is 2.13. The Balaban J connectivity index is 2.32. The molecule has 0 aromatic heterocycles. The molecule has 1 aliphatic rings. The summed E-state index contributed by atoms with van der Waals surface area (Å²) in [6, 6.07) is 0.596. The molecule has 2 nitrogen and oxygen atoms in total. The van der Waals surface area contributed by atoms with Gasteiger partial charge in [0.2, 0.25) is 0 Å². The van der Waals surface area contributed by atoms with Crippen molar-refractivity contribution >= 4 is 0 Å². The molecule has 0 saturated carbocycles. The van der Waals surface area contributed by atoms with Crippen molar-refractivity contribution in [3.8, 4) is 0 Å². The average molecular weight is 194 g/mol. The van der Waals surface area contributed by atoms with Crippen LogP contribution in [0.15, 0.2) is 23.8 Å². The largest absolute Gasteiger partial charge is 0.308 e. The summed E-state index contributed by atoms with van der Waals surface area (Å²) in [6.07, 6.45) is 8.01. The van der Waals surface area contributed by atoms with Crippen molar-refractivity contribution in [3.63, 3.8) is 0 Å². The fourth-order valence-electron chi connectivity index (χ4n) is 1.57. The minimum Gasteiger partial charge on any atom is -0.308 e. The van der Waals surface area contributed by atoms with Crippen molar-refractivity contribution in [2.75, 3.05) is 34.2 Å². The lowest BCUT2D eigenvalue weighted by Gasteiger charge is -2.27. The van der Waals surface area contributed by atoms with Crippen LogP contribution in [0.25, 0.3) is 0 Å². The molecule has 0 fully saturated rings. The third kappa shape index (κ3) is 3.64. The summed E-state index contributed by atoms with van der Waals surface area (Å²) < 4.78 is 0. The fourth-order valence-corrected chi connectivity index (χ4v) is 1.57. The third-order valence-corrected chi connectivity index (χ3v) is 2.73. The molecule has 2 heteroatoms. The van der Waals surface area contributed by atoms with Gasteiger partial charge in [-0.3, -0.25) is 4.90 Å². The highest BCUT2D eigenvalue weighted by Gasteiger charge is 2.12. The molecule has 14 heavy (non-hydrogen) atoms. The maximum atomic E-state index is 2.42. The van der Waals surface area contributed by atoms with E-state index in [1.807, 2.05) is 0 Å². The van der Waals surface area contributed by atoms with Crippen LogP contribution in [0.3, 0.4) is 0 Å². The van der Waals surface area contributed by atoms with Crippen molar-refractivity contribution in [2.24, 2.45) is 0 Å². The predicted octanol–water partition coefficient (Wildman–Crippen LogP) is 1.75. The van der Waals surface area contributed by atoms with Crippen LogP contribution in [-0.2, 0) is 0 Å². The number of likely N-dealkylation sites (N-methyl/N-ethyl adjacent to an activating group) is 2. The fraction of sp³-hybridized carbons (Fsp3) is 0.667. The number of hydrogen-bond acceptors (Lipinski definition) is 2. The molecule has 1 aliphatic carbocycles. The Morgan fingerprint density at radius 2 is 2.00 bits per heavy atom. The second-order valence-electron chi connectivity index (χ2n) is 4.39. The maximum absolute atomic E-state index is 2.42. The minimum absolute atomic E-state index is 0.596. The highest BCUT2D eigenvalue weighted by atomic mass is 15.2. The smallest absolute Gasteiger partial charge is 0.0313 e. The zero-order valence-corrected chi connectivity index (χ0v) is 9.83. The third-order valence-electron chi connectivity index (χ3n) is 2.73. The lowest BCUT2D eigenvalue weighted by molar-refractivity contribution is 0.246. The van der Waals surface area contributed by atoms with E-state index >= 15 is 0 Å². The van der Waals surface area contributed by atoms with Crippen LogP contribution in [0, 0.1) is 0 Å². The SMILES string of the molecule is CC1=CCC(N(C)CCN(C)C)C=C1. The molecule has 0 N–H and O–H groups in total. The Labute approximate surface area is 87.9 Å². The quantitative estimate of drug-likeness (QED) is 0.673. The van der Waals surface area contributed by atoms with Crippen molar-refractivity contribution in [2.45, 2.75) is 19.4 Å². The molecular weight excluding hydrogens is 172 g/mol. The van der Waals surface area contributed by atoms with Gasteiger partial charge in [0.1, 0.15) is 0 Å². The molecule has 0 spiro atoms. The summed E-state index contributed by atoms with van der Waals surface area (Å²) in [6.45, 7) is 4.42. The molecule has 0 bridgehead atoms. The molecule has 0 aromatic rings. The van der Waals surface area contributed by atoms with Crippen LogP contribution in [0.4, 0.5) is 0 Å². The van der Waals surface area contributed by atoms with E-state index in [1.165, 1.54) is 5.57 Å². The summed E-state index contributed by atoms with van der Waals surface area (Å²) in [4.78, 5) is 4.64. The summed E-state index contributed by atoms with van der Waals surface area (Å²) in [5.74, 6) is 0. The first-order chi connectivity index (χ1) is 6.59. The van der Waals surface area contributed by atoms with Crippen molar-refractivity contribution in [1.29, 1.82) is 0 Å². The van der Waals surface area contributed by atoms with Crippen LogP contribution >= 0.6 is 0 Å². The topological polar surface area (TPSA) is 6.48 Å². The monoisotopic (exact) mass is 194 g/mol. The Morgan fingerprint density at radius 3 is 2.50 bits per heavy atom. The minimum atomic E-state index is 0.596. The first-order valence-electron chi connectivity index (χ1n) is 5.29. The van der Waals surface area contributed by atoms with E-state index in [0.29, 0.717) is 6.04 Å². The van der Waals surface area contributed by atoms with Crippen LogP contribution in [0.5, 0.6) is 0 Å². The van der Waals surface area contributed by atoms with Crippen LogP contribution < -0.4 is 0 Å². The number of hydrogen-bond donors (Lipinski definition) is 0. The van der Waals surface area contributed by atoms with Crippen molar-refractivity contribution in [1.82, 2.24) is 9.80 Å². The van der Waals surface area contributed by atoms with Gasteiger partial charge in [0.25, 0.3) is 0 Å². The van der Waals surface area contributed by atoms with Crippen LogP contribution in [0.2, 0.25) is 0 Å². The first kappa shape index (κ1) is 11.5. The number of nitrogens with zero attached hydrogens (tertiary/aromatic N) is 2. The van der Waals surface area contributed by atoms with E-state index in [0.717, 1.165) is 19.5 Å². The molecular formula is C12H22N2. The molecule has 0 heterocycles.